The monoisotopic (exact) mass is 1170 g/mol. The van der Waals surface area contributed by atoms with E-state index >= 15 is 4.39 Å². The Hall–Kier alpha value is -6.09. The summed E-state index contributed by atoms with van der Waals surface area (Å²) in [6.45, 7) is 19.0. The Labute approximate surface area is 485 Å². The van der Waals surface area contributed by atoms with Gasteiger partial charge in [-0.05, 0) is 99.0 Å². The van der Waals surface area contributed by atoms with Gasteiger partial charge < -0.3 is 48.0 Å². The first kappa shape index (κ1) is 55.1. The smallest absolute Gasteiger partial charge is 0.399 e. The second-order valence-electron chi connectivity index (χ2n) is 22.3. The molecular formula is C58H62BClF2N12O6S2. The number of halogens is 3. The van der Waals surface area contributed by atoms with Gasteiger partial charge in [0.1, 0.15) is 21.3 Å². The molecule has 0 aliphatic carbocycles. The molecule has 0 unspecified atom stereocenters. The summed E-state index contributed by atoms with van der Waals surface area (Å²) in [4.78, 5) is 45.7. The van der Waals surface area contributed by atoms with Crippen molar-refractivity contribution in [2.45, 2.75) is 64.2 Å². The molecule has 5 aliphatic rings. The number of likely N-dealkylation sites (tertiary alicyclic amines) is 2. The fourth-order valence-electron chi connectivity index (χ4n) is 11.1. The maximum atomic E-state index is 15.3. The highest BCUT2D eigenvalue weighted by Gasteiger charge is 2.53. The van der Waals surface area contributed by atoms with E-state index in [2.05, 4.69) is 51.7 Å². The Morgan fingerprint density at radius 2 is 1.12 bits per heavy atom. The van der Waals surface area contributed by atoms with E-state index in [1.807, 2.05) is 58.4 Å². The van der Waals surface area contributed by atoms with Crippen LogP contribution in [0.2, 0.25) is 5.28 Å². The van der Waals surface area contributed by atoms with Crippen LogP contribution in [0.1, 0.15) is 38.8 Å². The van der Waals surface area contributed by atoms with Crippen LogP contribution < -0.4 is 15.3 Å². The molecule has 10 aromatic rings. The molecule has 0 bridgehead atoms. The van der Waals surface area contributed by atoms with Crippen LogP contribution in [-0.2, 0) is 41.3 Å². The number of rotatable bonds is 10. The van der Waals surface area contributed by atoms with Crippen LogP contribution in [-0.4, -0.2) is 173 Å². The van der Waals surface area contributed by atoms with Crippen LogP contribution in [0, 0.1) is 11.6 Å². The average Bonchev–Trinajstić information content (AvgIpc) is 4.16. The number of morpholine rings is 2. The summed E-state index contributed by atoms with van der Waals surface area (Å²) in [7, 11) is 2.85. The highest BCUT2D eigenvalue weighted by molar-refractivity contribution is 7.26. The predicted molar refractivity (Wildman–Crippen MR) is 320 cm³/mol. The Morgan fingerprint density at radius 1 is 0.634 bits per heavy atom. The molecule has 0 saturated carbocycles. The number of thiophene rings is 2. The number of H-pyrrole nitrogens is 2. The van der Waals surface area contributed by atoms with Crippen molar-refractivity contribution in [2.24, 2.45) is 0 Å². The molecule has 15 rings (SSSR count). The van der Waals surface area contributed by atoms with Crippen molar-refractivity contribution >= 4 is 121 Å². The van der Waals surface area contributed by atoms with Gasteiger partial charge in [-0.3, -0.25) is 9.80 Å². The lowest BCUT2D eigenvalue weighted by atomic mass is 9.76. The van der Waals surface area contributed by atoms with Gasteiger partial charge in [0.25, 0.3) is 0 Å². The maximum absolute atomic E-state index is 15.3. The second-order valence-corrected chi connectivity index (χ2v) is 24.6. The Kier molecular flexibility index (Phi) is 15.1. The molecule has 13 heterocycles. The van der Waals surface area contributed by atoms with Crippen molar-refractivity contribution < 1.29 is 37.0 Å². The van der Waals surface area contributed by atoms with Crippen molar-refractivity contribution in [3.05, 3.63) is 101 Å². The summed E-state index contributed by atoms with van der Waals surface area (Å²) >= 11 is 9.50. The summed E-state index contributed by atoms with van der Waals surface area (Å²) in [5, 5.41) is 3.88. The van der Waals surface area contributed by atoms with Gasteiger partial charge in [0.15, 0.2) is 17.5 Å². The lowest BCUT2D eigenvalue weighted by Crippen LogP contribution is -2.50. The maximum Gasteiger partial charge on any atom is 0.498 e. The molecular weight excluding hydrogens is 1110 g/mol. The number of aromatic amines is 2. The molecule has 426 valence electrons. The van der Waals surface area contributed by atoms with E-state index in [0.29, 0.717) is 55.5 Å². The minimum absolute atomic E-state index is 0.278. The van der Waals surface area contributed by atoms with Gasteiger partial charge >= 0.3 is 7.12 Å². The summed E-state index contributed by atoms with van der Waals surface area (Å²) < 4.78 is 65.1. The topological polar surface area (TPSA) is 177 Å². The molecule has 24 heteroatoms. The number of hydrogen-bond acceptors (Lipinski definition) is 18. The summed E-state index contributed by atoms with van der Waals surface area (Å²) in [6.07, 6.45) is 8.17. The molecule has 0 spiro atoms. The van der Waals surface area contributed by atoms with Crippen molar-refractivity contribution in [1.82, 2.24) is 49.7 Å². The van der Waals surface area contributed by atoms with E-state index in [0.717, 1.165) is 145 Å². The van der Waals surface area contributed by atoms with Crippen molar-refractivity contribution in [1.29, 1.82) is 0 Å². The van der Waals surface area contributed by atoms with Crippen molar-refractivity contribution in [3.63, 3.8) is 0 Å². The first-order valence-electron chi connectivity index (χ1n) is 27.6. The lowest BCUT2D eigenvalue weighted by molar-refractivity contribution is -0.0334. The molecule has 5 fully saturated rings. The third kappa shape index (κ3) is 10.6. The first-order valence-corrected chi connectivity index (χ1v) is 29.6. The molecule has 0 atom stereocenters. The van der Waals surface area contributed by atoms with Crippen LogP contribution in [0.3, 0.4) is 0 Å². The number of benzene rings is 2. The molecule has 8 aromatic heterocycles. The van der Waals surface area contributed by atoms with E-state index < -0.39 is 18.3 Å². The van der Waals surface area contributed by atoms with Gasteiger partial charge in [-0.1, -0.05) is 0 Å². The zero-order valence-electron chi connectivity index (χ0n) is 46.4. The number of anilines is 2. The SMILES string of the molecule is CC1(C)OB(c2c(F)ccc3[nH]ccc23)OC1(C)C.COC1CN(Cc2cnc3sc4c(N5CCOCC5)nc(-c5c(F)ccc6[nH]ccc56)nc4c3c2)C1.COC1CN(Cc2cnc3sc4c(N5CCOCC5)nc(Cl)nc4c3c2)C1. The Balaban J connectivity index is 0.000000122. The minimum atomic E-state index is -0.676. The van der Waals surface area contributed by atoms with E-state index in [-0.39, 0.29) is 16.9 Å². The quantitative estimate of drug-likeness (QED) is 0.0977. The molecule has 5 saturated heterocycles. The lowest BCUT2D eigenvalue weighted by Gasteiger charge is -2.38. The van der Waals surface area contributed by atoms with Gasteiger partial charge in [-0.15, -0.1) is 22.7 Å². The molecule has 0 radical (unpaired) electrons. The molecule has 18 nitrogen and oxygen atoms in total. The molecule has 82 heavy (non-hydrogen) atoms. The van der Waals surface area contributed by atoms with Crippen LogP contribution in [0.5, 0.6) is 0 Å². The number of pyridine rings is 2. The average molecular weight is 1170 g/mol. The number of nitrogens with one attached hydrogen (secondary N) is 2. The summed E-state index contributed by atoms with van der Waals surface area (Å²) in [6, 6.07) is 14.5. The van der Waals surface area contributed by atoms with Gasteiger partial charge in [0, 0.05) is 142 Å². The highest BCUT2D eigenvalue weighted by atomic mass is 35.5. The van der Waals surface area contributed by atoms with Crippen LogP contribution >= 0.6 is 34.3 Å². The Morgan fingerprint density at radius 3 is 1.66 bits per heavy atom. The first-order chi connectivity index (χ1) is 39.7. The summed E-state index contributed by atoms with van der Waals surface area (Å²) in [5.74, 6) is 1.47. The third-order valence-electron chi connectivity index (χ3n) is 16.5. The van der Waals surface area contributed by atoms with E-state index in [1.165, 1.54) is 17.7 Å². The zero-order valence-corrected chi connectivity index (χ0v) is 48.8. The van der Waals surface area contributed by atoms with E-state index in [4.69, 9.17) is 59.8 Å². The highest BCUT2D eigenvalue weighted by Crippen LogP contribution is 2.42. The van der Waals surface area contributed by atoms with Gasteiger partial charge in [-0.2, -0.15) is 4.98 Å². The standard InChI is InChI=1S/C26H25FN6O2S.C18H20ClN5O2S.C14H17BFNO2/c1-34-16-13-32(14-16)12-15-10-18-22-23(36-26(18)29-11-15)25(33-6-8-35-9-7-33)31-24(30-22)21-17-4-5-28-20(17)3-2-19(21)27;1-25-12-9-23(10-12)8-11-6-13-14-15(27-17(13)20-7-11)16(22-18(19)21-14)24-2-4-26-5-3-24;1-13(2)14(3,4)19-15(18-13)12-9-7-8-17-11(9)6-5-10(12)16/h2-5,10-11,16,28H,6-9,12-14H2,1H3;6-7,12H,2-5,8-10H2,1H3;5-8,17H,1-4H3. The van der Waals surface area contributed by atoms with Crippen molar-refractivity contribution in [3.8, 4) is 11.4 Å². The number of methoxy groups -OCH3 is 2. The van der Waals surface area contributed by atoms with E-state index in [1.54, 1.807) is 55.2 Å². The number of fused-ring (bicyclic) bond motifs is 8. The number of hydrogen-bond donors (Lipinski definition) is 2. The van der Waals surface area contributed by atoms with Crippen molar-refractivity contribution in [2.75, 3.05) is 103 Å². The van der Waals surface area contributed by atoms with Crippen LogP contribution in [0.25, 0.3) is 74.1 Å². The van der Waals surface area contributed by atoms with Gasteiger partial charge in [0.05, 0.1) is 75.8 Å². The normalized spacial score (nSPS) is 18.9. The fraction of sp³-hybridized carbons (Fsp3) is 0.414. The zero-order chi connectivity index (χ0) is 56.4. The van der Waals surface area contributed by atoms with Crippen LogP contribution in [0.4, 0.5) is 20.4 Å². The van der Waals surface area contributed by atoms with Crippen LogP contribution in [0.15, 0.2) is 73.3 Å². The number of ether oxygens (including phenoxy) is 4. The number of aromatic nitrogens is 8. The predicted octanol–water partition coefficient (Wildman–Crippen LogP) is 9.36. The minimum Gasteiger partial charge on any atom is -0.399 e. The summed E-state index contributed by atoms with van der Waals surface area (Å²) in [5.41, 5.74) is 5.70. The number of nitrogens with zero attached hydrogens (tertiary/aromatic N) is 10. The van der Waals surface area contributed by atoms with Gasteiger partial charge in [0.2, 0.25) is 5.28 Å². The van der Waals surface area contributed by atoms with E-state index in [9.17, 15) is 4.39 Å². The largest absolute Gasteiger partial charge is 0.498 e. The molecule has 0 amide bonds. The Bertz CT molecular complexity index is 3970. The van der Waals surface area contributed by atoms with Gasteiger partial charge in [-0.25, -0.2) is 33.7 Å². The fourth-order valence-corrected chi connectivity index (χ4v) is 13.5. The third-order valence-corrected chi connectivity index (χ3v) is 18.8. The molecule has 5 aliphatic heterocycles. The molecule has 2 aromatic carbocycles. The second kappa shape index (κ2) is 22.5. The molecule has 2 N–H and O–H groups in total.